The molecule has 6 nitrogen and oxygen atoms in total. The van der Waals surface area contributed by atoms with E-state index < -0.39 is 0 Å². The summed E-state index contributed by atoms with van der Waals surface area (Å²) in [4.78, 5) is 27.1. The molecule has 4 aromatic rings. The van der Waals surface area contributed by atoms with E-state index in [4.69, 9.17) is 0 Å². The van der Waals surface area contributed by atoms with Crippen LogP contribution in [0.2, 0.25) is 5.32 Å². The molecule has 140 valence electrons. The Bertz CT molecular complexity index is 1270. The Hall–Kier alpha value is -2.76. The molecule has 0 radical (unpaired) electrons. The summed E-state index contributed by atoms with van der Waals surface area (Å²) in [5.41, 5.74) is 4.46. The van der Waals surface area contributed by atoms with Crippen molar-refractivity contribution in [1.82, 2.24) is 19.5 Å². The molecule has 0 amide bonds. The number of rotatable bonds is 3. The van der Waals surface area contributed by atoms with Crippen molar-refractivity contribution in [3.05, 3.63) is 63.9 Å². The molecular formula is C21H19N5OSe. The number of aromatic nitrogens is 4. The number of aryl methyl sites for hydroxylation is 2. The van der Waals surface area contributed by atoms with Crippen LogP contribution >= 0.6 is 0 Å². The van der Waals surface area contributed by atoms with E-state index in [1.165, 1.54) is 4.46 Å². The van der Waals surface area contributed by atoms with Gasteiger partial charge in [0, 0.05) is 0 Å². The monoisotopic (exact) mass is 437 g/mol. The van der Waals surface area contributed by atoms with Gasteiger partial charge in [0.25, 0.3) is 0 Å². The number of fused-ring (bicyclic) bond motifs is 3. The van der Waals surface area contributed by atoms with E-state index in [9.17, 15) is 4.79 Å². The van der Waals surface area contributed by atoms with Gasteiger partial charge in [-0.05, 0) is 0 Å². The van der Waals surface area contributed by atoms with Gasteiger partial charge in [0.05, 0.1) is 0 Å². The predicted octanol–water partition coefficient (Wildman–Crippen LogP) is 2.37. The SMILES string of the molecule is Cc1cc2nc3nc4n(c(=O)c3nc2cc1C)C(C[Se]c1ccccc1)CN4. The Labute approximate surface area is 168 Å². The molecular weight excluding hydrogens is 417 g/mol. The van der Waals surface area contributed by atoms with Crippen LogP contribution in [0, 0.1) is 13.8 Å². The summed E-state index contributed by atoms with van der Waals surface area (Å²) in [6.45, 7) is 4.80. The molecule has 5 rings (SSSR count). The Balaban J connectivity index is 1.58. The van der Waals surface area contributed by atoms with Crippen molar-refractivity contribution >= 4 is 47.6 Å². The van der Waals surface area contributed by atoms with E-state index in [-0.39, 0.29) is 11.6 Å². The maximum atomic E-state index is 13.2. The zero-order chi connectivity index (χ0) is 19.3. The minimum atomic E-state index is -0.105. The van der Waals surface area contributed by atoms with E-state index in [1.54, 1.807) is 4.57 Å². The van der Waals surface area contributed by atoms with Crippen molar-refractivity contribution in [2.75, 3.05) is 11.9 Å². The summed E-state index contributed by atoms with van der Waals surface area (Å²) in [6.07, 6.45) is 0. The Kier molecular flexibility index (Phi) is 4.14. The fourth-order valence-electron chi connectivity index (χ4n) is 3.49. The molecule has 7 heteroatoms. The number of nitrogens with zero attached hydrogens (tertiary/aromatic N) is 4. The van der Waals surface area contributed by atoms with Crippen LogP contribution in [0.4, 0.5) is 5.95 Å². The van der Waals surface area contributed by atoms with Gasteiger partial charge in [-0.2, -0.15) is 0 Å². The van der Waals surface area contributed by atoms with Gasteiger partial charge in [0.15, 0.2) is 0 Å². The molecule has 0 spiro atoms. The molecule has 1 aliphatic rings. The second kappa shape index (κ2) is 6.69. The fourth-order valence-corrected chi connectivity index (χ4v) is 5.60. The Morgan fingerprint density at radius 1 is 1.07 bits per heavy atom. The Morgan fingerprint density at radius 2 is 1.79 bits per heavy atom. The molecule has 0 saturated carbocycles. The standard InChI is InChI=1S/C21H19N5OSe/c1-12-8-16-17(9-13(12)2)24-19-18(23-16)20(27)26-14(10-22-21(26)25-19)11-28-15-6-4-3-5-7-15/h3-9,14H,10-11H2,1-2H3,(H,22,24,25). The summed E-state index contributed by atoms with van der Waals surface area (Å²) in [7, 11) is 0. The zero-order valence-corrected chi connectivity index (χ0v) is 17.4. The number of anilines is 1. The first kappa shape index (κ1) is 17.3. The minimum absolute atomic E-state index is 0.0943. The van der Waals surface area contributed by atoms with Gasteiger partial charge in [-0.3, -0.25) is 0 Å². The maximum absolute atomic E-state index is 13.2. The van der Waals surface area contributed by atoms with E-state index in [0.29, 0.717) is 38.6 Å². The molecule has 0 fully saturated rings. The normalized spacial score (nSPS) is 15.7. The fraction of sp³-hybridized carbons (Fsp3) is 0.238. The quantitative estimate of drug-likeness (QED) is 0.395. The van der Waals surface area contributed by atoms with Crippen LogP contribution in [0.5, 0.6) is 0 Å². The first-order valence-electron chi connectivity index (χ1n) is 9.23. The van der Waals surface area contributed by atoms with Gasteiger partial charge < -0.3 is 0 Å². The summed E-state index contributed by atoms with van der Waals surface area (Å²) in [6, 6.07) is 14.5. The van der Waals surface area contributed by atoms with Gasteiger partial charge in [0.1, 0.15) is 0 Å². The van der Waals surface area contributed by atoms with E-state index in [0.717, 1.165) is 27.5 Å². The molecule has 2 aromatic heterocycles. The Morgan fingerprint density at radius 3 is 2.54 bits per heavy atom. The van der Waals surface area contributed by atoms with Gasteiger partial charge in [-0.15, -0.1) is 0 Å². The summed E-state index contributed by atoms with van der Waals surface area (Å²) in [5.74, 6) is 0.601. The third-order valence-electron chi connectivity index (χ3n) is 5.17. The van der Waals surface area contributed by atoms with Gasteiger partial charge in [-0.25, -0.2) is 0 Å². The molecule has 1 aliphatic heterocycles. The van der Waals surface area contributed by atoms with Crippen LogP contribution in [0.25, 0.3) is 22.2 Å². The van der Waals surface area contributed by atoms with Crippen molar-refractivity contribution in [3.8, 4) is 0 Å². The second-order valence-corrected chi connectivity index (χ2v) is 9.38. The van der Waals surface area contributed by atoms with Crippen molar-refractivity contribution < 1.29 is 0 Å². The summed E-state index contributed by atoms with van der Waals surface area (Å²) in [5, 5.41) is 4.22. The predicted molar refractivity (Wildman–Crippen MR) is 113 cm³/mol. The molecule has 0 aliphatic carbocycles. The van der Waals surface area contributed by atoms with Gasteiger partial charge >= 0.3 is 168 Å². The van der Waals surface area contributed by atoms with E-state index in [2.05, 4.69) is 44.5 Å². The van der Waals surface area contributed by atoms with Gasteiger partial charge in [0.2, 0.25) is 0 Å². The van der Waals surface area contributed by atoms with Crippen molar-refractivity contribution in [3.63, 3.8) is 0 Å². The number of nitrogens with one attached hydrogen (secondary N) is 1. The van der Waals surface area contributed by atoms with Crippen LogP contribution in [0.3, 0.4) is 0 Å². The van der Waals surface area contributed by atoms with Crippen molar-refractivity contribution in [1.29, 1.82) is 0 Å². The summed E-state index contributed by atoms with van der Waals surface area (Å²) >= 11 is 0.299. The third kappa shape index (κ3) is 2.87. The molecule has 0 saturated heterocycles. The van der Waals surface area contributed by atoms with Crippen LogP contribution in [0.15, 0.2) is 47.3 Å². The average molecular weight is 436 g/mol. The van der Waals surface area contributed by atoms with E-state index in [1.807, 2.05) is 32.0 Å². The molecule has 1 atom stereocenters. The molecule has 2 aromatic carbocycles. The first-order valence-corrected chi connectivity index (χ1v) is 11.3. The van der Waals surface area contributed by atoms with Crippen molar-refractivity contribution in [2.24, 2.45) is 0 Å². The number of hydrogen-bond donors (Lipinski definition) is 1. The number of hydrogen-bond acceptors (Lipinski definition) is 5. The van der Waals surface area contributed by atoms with Crippen LogP contribution < -0.4 is 15.3 Å². The number of benzene rings is 2. The zero-order valence-electron chi connectivity index (χ0n) is 15.6. The van der Waals surface area contributed by atoms with E-state index >= 15 is 0 Å². The van der Waals surface area contributed by atoms with Crippen molar-refractivity contribution in [2.45, 2.75) is 25.2 Å². The molecule has 3 heterocycles. The summed E-state index contributed by atoms with van der Waals surface area (Å²) < 4.78 is 3.11. The second-order valence-electron chi connectivity index (χ2n) is 7.09. The van der Waals surface area contributed by atoms with Crippen LogP contribution in [-0.4, -0.2) is 41.0 Å². The van der Waals surface area contributed by atoms with Crippen LogP contribution in [0.1, 0.15) is 17.2 Å². The first-order chi connectivity index (χ1) is 13.6. The van der Waals surface area contributed by atoms with Gasteiger partial charge in [-0.1, -0.05) is 0 Å². The van der Waals surface area contributed by atoms with Crippen LogP contribution in [-0.2, 0) is 0 Å². The molecule has 0 bridgehead atoms. The molecule has 1 N–H and O–H groups in total. The molecule has 28 heavy (non-hydrogen) atoms. The average Bonchev–Trinajstić information content (AvgIpc) is 3.10. The topological polar surface area (TPSA) is 72.7 Å². The third-order valence-corrected chi connectivity index (χ3v) is 7.60. The molecule has 1 unspecified atom stereocenters.